The molecule has 0 saturated carbocycles. The predicted molar refractivity (Wildman–Crippen MR) is 80.3 cm³/mol. The molecular formula is C17H36. The molecule has 3 unspecified atom stereocenters. The molecule has 0 fully saturated rings. The Hall–Kier alpha value is 0. The highest BCUT2D eigenvalue weighted by Gasteiger charge is 2.16. The summed E-state index contributed by atoms with van der Waals surface area (Å²) in [5, 5.41) is 0. The van der Waals surface area contributed by atoms with E-state index in [9.17, 15) is 0 Å². The van der Waals surface area contributed by atoms with Gasteiger partial charge < -0.3 is 0 Å². The lowest BCUT2D eigenvalue weighted by Gasteiger charge is -2.24. The first-order valence-corrected chi connectivity index (χ1v) is 8.07. The zero-order valence-electron chi connectivity index (χ0n) is 13.3. The van der Waals surface area contributed by atoms with Crippen molar-refractivity contribution in [3.8, 4) is 0 Å². The third-order valence-electron chi connectivity index (χ3n) is 4.64. The second-order valence-electron chi connectivity index (χ2n) is 6.28. The van der Waals surface area contributed by atoms with Crippen molar-refractivity contribution in [1.82, 2.24) is 0 Å². The molecule has 0 aliphatic heterocycles. The highest BCUT2D eigenvalue weighted by atomic mass is 14.2. The fraction of sp³-hybridized carbons (Fsp3) is 1.00. The van der Waals surface area contributed by atoms with Gasteiger partial charge >= 0.3 is 0 Å². The molecule has 0 aliphatic rings. The minimum Gasteiger partial charge on any atom is -0.0651 e. The molecule has 0 N–H and O–H groups in total. The van der Waals surface area contributed by atoms with Gasteiger partial charge in [0.15, 0.2) is 0 Å². The van der Waals surface area contributed by atoms with E-state index in [1.165, 1.54) is 44.9 Å². The maximum absolute atomic E-state index is 2.47. The van der Waals surface area contributed by atoms with Gasteiger partial charge in [-0.2, -0.15) is 0 Å². The molecule has 0 aromatic heterocycles. The lowest BCUT2D eigenvalue weighted by molar-refractivity contribution is 0.273. The summed E-state index contributed by atoms with van der Waals surface area (Å²) in [6.07, 6.45) is 9.79. The van der Waals surface area contributed by atoms with Gasteiger partial charge in [-0.3, -0.25) is 0 Å². The molecule has 0 spiro atoms. The van der Waals surface area contributed by atoms with Gasteiger partial charge in [0.1, 0.15) is 0 Å². The topological polar surface area (TPSA) is 0 Å². The summed E-state index contributed by atoms with van der Waals surface area (Å²) in [5.41, 5.74) is 0. The molecule has 0 bridgehead atoms. The van der Waals surface area contributed by atoms with Crippen molar-refractivity contribution < 1.29 is 0 Å². The average molecular weight is 240 g/mol. The van der Waals surface area contributed by atoms with Crippen LogP contribution in [0, 0.1) is 23.7 Å². The van der Waals surface area contributed by atoms with E-state index in [2.05, 4.69) is 41.5 Å². The quantitative estimate of drug-likeness (QED) is 0.420. The van der Waals surface area contributed by atoms with E-state index < -0.39 is 0 Å². The smallest absolute Gasteiger partial charge is 0.0412 e. The summed E-state index contributed by atoms with van der Waals surface area (Å²) in [7, 11) is 0. The molecule has 0 heterocycles. The number of hydrogen-bond acceptors (Lipinski definition) is 0. The van der Waals surface area contributed by atoms with Crippen LogP contribution in [0.4, 0.5) is 0 Å². The van der Waals surface area contributed by atoms with Crippen LogP contribution < -0.4 is 0 Å². The first-order valence-electron chi connectivity index (χ1n) is 8.07. The summed E-state index contributed by atoms with van der Waals surface area (Å²) < 4.78 is 0. The van der Waals surface area contributed by atoms with Crippen LogP contribution in [0.15, 0.2) is 0 Å². The first-order chi connectivity index (χ1) is 8.07. The fourth-order valence-electron chi connectivity index (χ4n) is 3.02. The van der Waals surface area contributed by atoms with Gasteiger partial charge in [0.25, 0.3) is 0 Å². The summed E-state index contributed by atoms with van der Waals surface area (Å²) in [6.45, 7) is 14.3. The lowest BCUT2D eigenvalue weighted by Crippen LogP contribution is -2.12. The van der Waals surface area contributed by atoms with Crippen molar-refractivity contribution in [3.05, 3.63) is 0 Å². The van der Waals surface area contributed by atoms with E-state index in [1.54, 1.807) is 0 Å². The zero-order valence-corrected chi connectivity index (χ0v) is 13.3. The van der Waals surface area contributed by atoms with Crippen LogP contribution in [-0.2, 0) is 0 Å². The van der Waals surface area contributed by atoms with E-state index in [1.807, 2.05) is 0 Å². The molecule has 0 aromatic rings. The summed E-state index contributed by atoms with van der Waals surface area (Å²) in [5.74, 6) is 3.77. The van der Waals surface area contributed by atoms with Gasteiger partial charge in [0.05, 0.1) is 0 Å². The molecule has 0 heteroatoms. The summed E-state index contributed by atoms with van der Waals surface area (Å²) >= 11 is 0. The Morgan fingerprint density at radius 2 is 0.941 bits per heavy atom. The Balaban J connectivity index is 4.00. The fourth-order valence-corrected chi connectivity index (χ4v) is 3.02. The van der Waals surface area contributed by atoms with Crippen LogP contribution >= 0.6 is 0 Å². The molecule has 0 aliphatic carbocycles. The normalized spacial score (nSPS) is 17.1. The lowest BCUT2D eigenvalue weighted by atomic mass is 9.81. The third kappa shape index (κ3) is 7.84. The van der Waals surface area contributed by atoms with E-state index in [0.717, 1.165) is 23.7 Å². The second-order valence-corrected chi connectivity index (χ2v) is 6.28. The molecule has 3 atom stereocenters. The Labute approximate surface area is 111 Å². The van der Waals surface area contributed by atoms with Gasteiger partial charge in [-0.25, -0.2) is 0 Å². The van der Waals surface area contributed by atoms with Crippen LogP contribution in [-0.4, -0.2) is 0 Å². The van der Waals surface area contributed by atoms with E-state index in [4.69, 9.17) is 0 Å². The van der Waals surface area contributed by atoms with Crippen LogP contribution in [0.5, 0.6) is 0 Å². The van der Waals surface area contributed by atoms with Gasteiger partial charge in [0.2, 0.25) is 0 Å². The number of hydrogen-bond donors (Lipinski definition) is 0. The van der Waals surface area contributed by atoms with Gasteiger partial charge in [-0.05, 0) is 42.9 Å². The van der Waals surface area contributed by atoms with E-state index in [-0.39, 0.29) is 0 Å². The highest BCUT2D eigenvalue weighted by molar-refractivity contribution is 4.68. The maximum Gasteiger partial charge on any atom is -0.0412 e. The predicted octanol–water partition coefficient (Wildman–Crippen LogP) is 6.30. The van der Waals surface area contributed by atoms with Crippen molar-refractivity contribution in [1.29, 1.82) is 0 Å². The maximum atomic E-state index is 2.47. The van der Waals surface area contributed by atoms with Crippen LogP contribution in [0.2, 0.25) is 0 Å². The molecule has 0 aromatic carbocycles. The minimum absolute atomic E-state index is 0.917. The first kappa shape index (κ1) is 17.0. The van der Waals surface area contributed by atoms with Crippen molar-refractivity contribution in [2.75, 3.05) is 0 Å². The van der Waals surface area contributed by atoms with Crippen molar-refractivity contribution >= 4 is 0 Å². The molecule has 17 heavy (non-hydrogen) atoms. The van der Waals surface area contributed by atoms with E-state index in [0.29, 0.717) is 0 Å². The second kappa shape index (κ2) is 9.97. The van der Waals surface area contributed by atoms with Crippen LogP contribution in [0.25, 0.3) is 0 Å². The molecule has 0 nitrogen and oxygen atoms in total. The van der Waals surface area contributed by atoms with Gasteiger partial charge in [0, 0.05) is 0 Å². The SMILES string of the molecule is CCC(C)CC(CC)CC(C)CC(CC)CC. The Bertz CT molecular complexity index is 157. The Morgan fingerprint density at radius 1 is 0.529 bits per heavy atom. The molecular weight excluding hydrogens is 204 g/mol. The zero-order chi connectivity index (χ0) is 13.3. The van der Waals surface area contributed by atoms with Gasteiger partial charge in [-0.1, -0.05) is 67.2 Å². The molecule has 0 saturated heterocycles. The van der Waals surface area contributed by atoms with E-state index >= 15 is 0 Å². The van der Waals surface area contributed by atoms with Gasteiger partial charge in [-0.15, -0.1) is 0 Å². The molecule has 0 rings (SSSR count). The van der Waals surface area contributed by atoms with Crippen molar-refractivity contribution in [2.24, 2.45) is 23.7 Å². The Kier molecular flexibility index (Phi) is 9.97. The monoisotopic (exact) mass is 240 g/mol. The van der Waals surface area contributed by atoms with Crippen molar-refractivity contribution in [3.63, 3.8) is 0 Å². The van der Waals surface area contributed by atoms with Crippen molar-refractivity contribution in [2.45, 2.75) is 86.5 Å². The minimum atomic E-state index is 0.917. The summed E-state index contributed by atoms with van der Waals surface area (Å²) in [4.78, 5) is 0. The molecule has 104 valence electrons. The Morgan fingerprint density at radius 3 is 1.35 bits per heavy atom. The molecule has 0 radical (unpaired) electrons. The standard InChI is InChI=1S/C17H36/c1-7-14(5)11-17(10-4)13-15(6)12-16(8-2)9-3/h14-17H,7-13H2,1-6H3. The summed E-state index contributed by atoms with van der Waals surface area (Å²) in [6, 6.07) is 0. The molecule has 0 amide bonds. The largest absolute Gasteiger partial charge is 0.0651 e. The highest BCUT2D eigenvalue weighted by Crippen LogP contribution is 2.29. The van der Waals surface area contributed by atoms with Crippen LogP contribution in [0.3, 0.4) is 0 Å². The number of rotatable bonds is 10. The average Bonchev–Trinajstić information content (AvgIpc) is 2.34. The van der Waals surface area contributed by atoms with Crippen LogP contribution in [0.1, 0.15) is 86.5 Å². The third-order valence-corrected chi connectivity index (χ3v) is 4.64.